The number of nitrogens with zero attached hydrogens (tertiary/aromatic N) is 1. The Hall–Kier alpha value is -3.52. The lowest BCUT2D eigenvalue weighted by Crippen LogP contribution is -2.41. The third kappa shape index (κ3) is 4.96. The Balaban J connectivity index is 1.58. The van der Waals surface area contributed by atoms with Gasteiger partial charge in [0.15, 0.2) is 11.5 Å². The first-order chi connectivity index (χ1) is 15.7. The number of aryl methyl sites for hydroxylation is 3. The Bertz CT molecular complexity index is 1290. The van der Waals surface area contributed by atoms with Gasteiger partial charge in [-0.2, -0.15) is 0 Å². The van der Waals surface area contributed by atoms with Crippen LogP contribution in [0.4, 0.5) is 5.69 Å². The molecule has 3 aromatic carbocycles. The molecule has 3 aromatic rings. The van der Waals surface area contributed by atoms with Crippen LogP contribution in [0.2, 0.25) is 0 Å². The first kappa shape index (κ1) is 22.7. The molecule has 0 aliphatic carbocycles. The molecule has 7 nitrogen and oxygen atoms in total. The van der Waals surface area contributed by atoms with Gasteiger partial charge in [0.25, 0.3) is 10.0 Å². The number of carbonyl (C=O) groups excluding carboxylic acids is 1. The van der Waals surface area contributed by atoms with Crippen molar-refractivity contribution >= 4 is 21.6 Å². The van der Waals surface area contributed by atoms with Crippen molar-refractivity contribution in [3.05, 3.63) is 82.9 Å². The standard InChI is InChI=1S/C25H26N2O5S/c1-17-4-8-21(9-5-17)33(29,30)27(22-10-6-18(2)12-19(22)3)15-25(28)26-14-20-7-11-23-24(13-20)32-16-31-23/h4-13H,14-16H2,1-3H3,(H,26,28). The molecule has 1 heterocycles. The van der Waals surface area contributed by atoms with E-state index in [2.05, 4.69) is 5.32 Å². The van der Waals surface area contributed by atoms with Gasteiger partial charge in [0.2, 0.25) is 12.7 Å². The molecule has 0 saturated heterocycles. The molecule has 0 saturated carbocycles. The van der Waals surface area contributed by atoms with Crippen LogP contribution < -0.4 is 19.1 Å². The molecule has 0 bridgehead atoms. The maximum atomic E-state index is 13.5. The number of carbonyl (C=O) groups is 1. The molecule has 1 N–H and O–H groups in total. The smallest absolute Gasteiger partial charge is 0.264 e. The van der Waals surface area contributed by atoms with E-state index in [0.717, 1.165) is 22.3 Å². The molecule has 1 amide bonds. The topological polar surface area (TPSA) is 84.9 Å². The van der Waals surface area contributed by atoms with Crippen LogP contribution in [0.5, 0.6) is 11.5 Å². The second kappa shape index (κ2) is 9.15. The van der Waals surface area contributed by atoms with Gasteiger partial charge < -0.3 is 14.8 Å². The molecule has 0 spiro atoms. The van der Waals surface area contributed by atoms with Gasteiger partial charge in [0.05, 0.1) is 10.6 Å². The molecular formula is C25H26N2O5S. The number of sulfonamides is 1. The van der Waals surface area contributed by atoms with E-state index in [1.165, 1.54) is 4.31 Å². The van der Waals surface area contributed by atoms with Crippen LogP contribution in [0.3, 0.4) is 0 Å². The Morgan fingerprint density at radius 2 is 1.61 bits per heavy atom. The van der Waals surface area contributed by atoms with Gasteiger partial charge in [0, 0.05) is 6.54 Å². The van der Waals surface area contributed by atoms with E-state index >= 15 is 0 Å². The van der Waals surface area contributed by atoms with Gasteiger partial charge in [-0.1, -0.05) is 41.5 Å². The van der Waals surface area contributed by atoms with E-state index in [0.29, 0.717) is 17.2 Å². The highest BCUT2D eigenvalue weighted by Crippen LogP contribution is 2.32. The number of ether oxygens (including phenoxy) is 2. The molecule has 1 aliphatic heterocycles. The summed E-state index contributed by atoms with van der Waals surface area (Å²) in [5.74, 6) is 0.874. The van der Waals surface area contributed by atoms with Crippen LogP contribution >= 0.6 is 0 Å². The maximum absolute atomic E-state index is 13.5. The van der Waals surface area contributed by atoms with Crippen molar-refractivity contribution in [3.63, 3.8) is 0 Å². The van der Waals surface area contributed by atoms with Crippen LogP contribution in [-0.4, -0.2) is 27.7 Å². The number of nitrogens with one attached hydrogen (secondary N) is 1. The summed E-state index contributed by atoms with van der Waals surface area (Å²) in [5.41, 5.74) is 4.03. The van der Waals surface area contributed by atoms with Crippen molar-refractivity contribution in [3.8, 4) is 11.5 Å². The monoisotopic (exact) mass is 466 g/mol. The number of amides is 1. The lowest BCUT2D eigenvalue weighted by Gasteiger charge is -2.26. The highest BCUT2D eigenvalue weighted by Gasteiger charge is 2.28. The summed E-state index contributed by atoms with van der Waals surface area (Å²) >= 11 is 0. The average molecular weight is 467 g/mol. The fourth-order valence-corrected chi connectivity index (χ4v) is 5.15. The minimum atomic E-state index is -3.96. The van der Waals surface area contributed by atoms with Crippen molar-refractivity contribution in [1.29, 1.82) is 0 Å². The van der Waals surface area contributed by atoms with E-state index < -0.39 is 15.9 Å². The van der Waals surface area contributed by atoms with Crippen molar-refractivity contribution in [2.75, 3.05) is 17.6 Å². The molecule has 0 aromatic heterocycles. The van der Waals surface area contributed by atoms with Gasteiger partial charge in [-0.3, -0.25) is 9.10 Å². The van der Waals surface area contributed by atoms with E-state index in [1.54, 1.807) is 42.5 Å². The minimum absolute atomic E-state index is 0.136. The SMILES string of the molecule is Cc1ccc(S(=O)(=O)N(CC(=O)NCc2ccc3c(c2)OCO3)c2ccc(C)cc2C)cc1. The number of hydrogen-bond acceptors (Lipinski definition) is 5. The van der Waals surface area contributed by atoms with Crippen molar-refractivity contribution < 1.29 is 22.7 Å². The molecule has 0 atom stereocenters. The van der Waals surface area contributed by atoms with E-state index in [4.69, 9.17) is 9.47 Å². The summed E-state index contributed by atoms with van der Waals surface area (Å²) in [4.78, 5) is 13.0. The molecule has 0 unspecified atom stereocenters. The highest BCUT2D eigenvalue weighted by atomic mass is 32.2. The Morgan fingerprint density at radius 1 is 0.909 bits per heavy atom. The zero-order valence-electron chi connectivity index (χ0n) is 18.8. The van der Waals surface area contributed by atoms with Crippen LogP contribution in [0.1, 0.15) is 22.3 Å². The Kier molecular flexibility index (Phi) is 6.29. The third-order valence-corrected chi connectivity index (χ3v) is 7.22. The van der Waals surface area contributed by atoms with Crippen molar-refractivity contribution in [2.45, 2.75) is 32.2 Å². The quantitative estimate of drug-likeness (QED) is 0.572. The Morgan fingerprint density at radius 3 is 2.33 bits per heavy atom. The predicted molar refractivity (Wildman–Crippen MR) is 126 cm³/mol. The molecule has 0 fully saturated rings. The number of hydrogen-bond donors (Lipinski definition) is 1. The van der Waals surface area contributed by atoms with Crippen molar-refractivity contribution in [2.24, 2.45) is 0 Å². The summed E-state index contributed by atoms with van der Waals surface area (Å²) in [6.45, 7) is 5.73. The van der Waals surface area contributed by atoms with Crippen LogP contribution in [0.15, 0.2) is 65.6 Å². The maximum Gasteiger partial charge on any atom is 0.264 e. The Labute approximate surface area is 194 Å². The van der Waals surface area contributed by atoms with Crippen molar-refractivity contribution in [1.82, 2.24) is 5.32 Å². The number of anilines is 1. The third-order valence-electron chi connectivity index (χ3n) is 5.44. The van der Waals surface area contributed by atoms with E-state index in [1.807, 2.05) is 39.0 Å². The zero-order valence-corrected chi connectivity index (χ0v) is 19.6. The van der Waals surface area contributed by atoms with Crippen LogP contribution in [0, 0.1) is 20.8 Å². The lowest BCUT2D eigenvalue weighted by atomic mass is 10.1. The first-order valence-electron chi connectivity index (χ1n) is 10.6. The van der Waals surface area contributed by atoms with Gasteiger partial charge in [-0.15, -0.1) is 0 Å². The second-order valence-corrected chi connectivity index (χ2v) is 9.94. The number of fused-ring (bicyclic) bond motifs is 1. The summed E-state index contributed by atoms with van der Waals surface area (Å²) in [6, 6.07) is 17.5. The van der Waals surface area contributed by atoms with Gasteiger partial charge in [-0.05, 0) is 62.2 Å². The number of benzene rings is 3. The summed E-state index contributed by atoms with van der Waals surface area (Å²) in [5, 5.41) is 2.81. The number of rotatable bonds is 7. The first-order valence-corrected chi connectivity index (χ1v) is 12.0. The average Bonchev–Trinajstić information content (AvgIpc) is 3.25. The van der Waals surface area contributed by atoms with E-state index in [9.17, 15) is 13.2 Å². The summed E-state index contributed by atoms with van der Waals surface area (Å²) < 4.78 is 38.9. The van der Waals surface area contributed by atoms with Gasteiger partial charge >= 0.3 is 0 Å². The van der Waals surface area contributed by atoms with Crippen LogP contribution in [-0.2, 0) is 21.4 Å². The van der Waals surface area contributed by atoms with Gasteiger partial charge in [0.1, 0.15) is 6.54 Å². The largest absolute Gasteiger partial charge is 0.454 e. The molecule has 172 valence electrons. The zero-order chi connectivity index (χ0) is 23.6. The summed E-state index contributed by atoms with van der Waals surface area (Å²) in [6.07, 6.45) is 0. The minimum Gasteiger partial charge on any atom is -0.454 e. The summed E-state index contributed by atoms with van der Waals surface area (Å²) in [7, 11) is -3.96. The fourth-order valence-electron chi connectivity index (χ4n) is 3.66. The molecule has 0 radical (unpaired) electrons. The second-order valence-electron chi connectivity index (χ2n) is 8.08. The fraction of sp³-hybridized carbons (Fsp3) is 0.240. The van der Waals surface area contributed by atoms with Crippen LogP contribution in [0.25, 0.3) is 0 Å². The predicted octanol–water partition coefficient (Wildman–Crippen LogP) is 3.85. The molecule has 4 rings (SSSR count). The molecule has 1 aliphatic rings. The lowest BCUT2D eigenvalue weighted by molar-refractivity contribution is -0.119. The highest BCUT2D eigenvalue weighted by molar-refractivity contribution is 7.92. The van der Waals surface area contributed by atoms with E-state index in [-0.39, 0.29) is 24.8 Å². The van der Waals surface area contributed by atoms with Gasteiger partial charge in [-0.25, -0.2) is 8.42 Å². The normalized spacial score (nSPS) is 12.5. The molecular weight excluding hydrogens is 440 g/mol. The molecule has 8 heteroatoms. The molecule has 33 heavy (non-hydrogen) atoms.